The lowest BCUT2D eigenvalue weighted by molar-refractivity contribution is -0.136. The number of benzene rings is 1. The van der Waals surface area contributed by atoms with Gasteiger partial charge in [0.15, 0.2) is 0 Å². The molecule has 5 rings (SSSR count). The molecule has 4 heterocycles. The second-order valence-electron chi connectivity index (χ2n) is 10.0. The van der Waals surface area contributed by atoms with Crippen molar-refractivity contribution in [2.75, 3.05) is 39.8 Å². The number of piperidine rings is 2. The van der Waals surface area contributed by atoms with Crippen LogP contribution in [0.2, 0.25) is 0 Å². The second-order valence-corrected chi connectivity index (χ2v) is 10.0. The number of carbonyl (C=O) groups excluding carboxylic acids is 4. The molecule has 1 aromatic rings. The number of hydrogen-bond donors (Lipinski definition) is 1. The van der Waals surface area contributed by atoms with Crippen molar-refractivity contribution in [3.05, 3.63) is 29.3 Å². The third-order valence-electron chi connectivity index (χ3n) is 7.56. The van der Waals surface area contributed by atoms with Gasteiger partial charge in [0.1, 0.15) is 17.9 Å². The standard InChI is InChI=1S/C25H32N4O5/c1-27-11-8-16(9-12-27)3-2-10-28-14-18(15-28)34-17-4-5-19-20(13-17)25(33)29(24(19)32)21-6-7-22(30)26-23(21)31/h4-5,13,16,18,21H,2-3,6-12,14-15H2,1H3,(H,26,30,31). The number of nitrogens with one attached hydrogen (secondary N) is 1. The van der Waals surface area contributed by atoms with Crippen molar-refractivity contribution in [3.63, 3.8) is 0 Å². The highest BCUT2D eigenvalue weighted by atomic mass is 16.5. The average molecular weight is 469 g/mol. The van der Waals surface area contributed by atoms with Gasteiger partial charge in [0.25, 0.3) is 11.8 Å². The lowest BCUT2D eigenvalue weighted by Crippen LogP contribution is -2.54. The summed E-state index contributed by atoms with van der Waals surface area (Å²) in [5.41, 5.74) is 0.521. The van der Waals surface area contributed by atoms with Gasteiger partial charge >= 0.3 is 0 Å². The lowest BCUT2D eigenvalue weighted by atomic mass is 9.92. The van der Waals surface area contributed by atoms with Gasteiger partial charge in [-0.15, -0.1) is 0 Å². The smallest absolute Gasteiger partial charge is 0.262 e. The summed E-state index contributed by atoms with van der Waals surface area (Å²) in [5, 5.41) is 2.21. The molecular formula is C25H32N4O5. The van der Waals surface area contributed by atoms with Crippen LogP contribution in [0, 0.1) is 5.92 Å². The van der Waals surface area contributed by atoms with Crippen molar-refractivity contribution in [1.82, 2.24) is 20.0 Å². The number of amides is 4. The van der Waals surface area contributed by atoms with Crippen molar-refractivity contribution < 1.29 is 23.9 Å². The molecule has 4 aliphatic rings. The number of imide groups is 2. The van der Waals surface area contributed by atoms with Gasteiger partial charge in [-0.1, -0.05) is 0 Å². The molecule has 0 saturated carbocycles. The molecule has 9 nitrogen and oxygen atoms in total. The Bertz CT molecular complexity index is 997. The Morgan fingerprint density at radius 3 is 2.47 bits per heavy atom. The number of likely N-dealkylation sites (tertiary alicyclic amines) is 2. The maximum Gasteiger partial charge on any atom is 0.262 e. The number of hydrogen-bond acceptors (Lipinski definition) is 7. The molecule has 0 aromatic heterocycles. The van der Waals surface area contributed by atoms with Crippen LogP contribution in [0.1, 0.15) is 59.2 Å². The average Bonchev–Trinajstić information content (AvgIpc) is 3.03. The maximum absolute atomic E-state index is 12.9. The van der Waals surface area contributed by atoms with E-state index in [4.69, 9.17) is 4.74 Å². The fraction of sp³-hybridized carbons (Fsp3) is 0.600. The minimum Gasteiger partial charge on any atom is -0.488 e. The van der Waals surface area contributed by atoms with Crippen LogP contribution in [0.15, 0.2) is 18.2 Å². The first-order valence-electron chi connectivity index (χ1n) is 12.3. The quantitative estimate of drug-likeness (QED) is 0.602. The van der Waals surface area contributed by atoms with Crippen LogP contribution in [0.5, 0.6) is 5.75 Å². The second kappa shape index (κ2) is 9.46. The Morgan fingerprint density at radius 1 is 1.00 bits per heavy atom. The highest BCUT2D eigenvalue weighted by Gasteiger charge is 2.44. The molecule has 3 fully saturated rings. The van der Waals surface area contributed by atoms with Crippen molar-refractivity contribution in [3.8, 4) is 5.75 Å². The summed E-state index contributed by atoms with van der Waals surface area (Å²) in [5.74, 6) is -0.584. The van der Waals surface area contributed by atoms with E-state index in [9.17, 15) is 19.2 Å². The van der Waals surface area contributed by atoms with Crippen molar-refractivity contribution in [2.24, 2.45) is 5.92 Å². The minimum absolute atomic E-state index is 0.0693. The largest absolute Gasteiger partial charge is 0.488 e. The molecule has 0 bridgehead atoms. The molecule has 34 heavy (non-hydrogen) atoms. The van der Waals surface area contributed by atoms with Gasteiger partial charge in [-0.05, 0) is 82.9 Å². The van der Waals surface area contributed by atoms with E-state index in [-0.39, 0.29) is 36.0 Å². The van der Waals surface area contributed by atoms with Crippen molar-refractivity contribution >= 4 is 23.6 Å². The summed E-state index contributed by atoms with van der Waals surface area (Å²) in [4.78, 5) is 55.1. The van der Waals surface area contributed by atoms with Gasteiger partial charge in [-0.25, -0.2) is 0 Å². The Morgan fingerprint density at radius 2 is 1.74 bits per heavy atom. The van der Waals surface area contributed by atoms with E-state index < -0.39 is 23.8 Å². The first kappa shape index (κ1) is 23.0. The van der Waals surface area contributed by atoms with Gasteiger partial charge in [-0.2, -0.15) is 0 Å². The van der Waals surface area contributed by atoms with E-state index in [1.54, 1.807) is 18.2 Å². The normalized spacial score (nSPS) is 24.9. The molecule has 0 radical (unpaired) electrons. The number of rotatable bonds is 7. The molecule has 182 valence electrons. The van der Waals surface area contributed by atoms with Crippen LogP contribution in [-0.4, -0.2) is 90.2 Å². The van der Waals surface area contributed by atoms with Crippen LogP contribution in [0.4, 0.5) is 0 Å². The maximum atomic E-state index is 12.9. The SMILES string of the molecule is CN1CCC(CCCN2CC(Oc3ccc4c(c3)C(=O)N(C3CCC(=O)NC3=O)C4=O)C2)CC1. The first-order valence-corrected chi connectivity index (χ1v) is 12.3. The van der Waals surface area contributed by atoms with E-state index in [1.165, 1.54) is 38.8 Å². The van der Waals surface area contributed by atoms with Gasteiger partial charge in [-0.3, -0.25) is 34.3 Å². The number of nitrogens with zero attached hydrogens (tertiary/aromatic N) is 3. The lowest BCUT2D eigenvalue weighted by Gasteiger charge is -2.39. The Labute approximate surface area is 199 Å². The van der Waals surface area contributed by atoms with Crippen LogP contribution in [0.3, 0.4) is 0 Å². The molecule has 0 spiro atoms. The van der Waals surface area contributed by atoms with Gasteiger partial charge in [0, 0.05) is 19.5 Å². The molecule has 4 aliphatic heterocycles. The van der Waals surface area contributed by atoms with Crippen LogP contribution >= 0.6 is 0 Å². The minimum atomic E-state index is -0.954. The molecule has 1 N–H and O–H groups in total. The third-order valence-corrected chi connectivity index (χ3v) is 7.56. The fourth-order valence-corrected chi connectivity index (χ4v) is 5.45. The molecule has 0 aliphatic carbocycles. The van der Waals surface area contributed by atoms with Crippen LogP contribution in [0.25, 0.3) is 0 Å². The van der Waals surface area contributed by atoms with Gasteiger partial charge in [0.2, 0.25) is 11.8 Å². The molecule has 4 amide bonds. The highest BCUT2D eigenvalue weighted by molar-refractivity contribution is 6.23. The van der Waals surface area contributed by atoms with E-state index in [2.05, 4.69) is 22.2 Å². The van der Waals surface area contributed by atoms with Crippen molar-refractivity contribution in [2.45, 2.75) is 50.7 Å². The Balaban J connectivity index is 1.11. The van der Waals surface area contributed by atoms with Gasteiger partial charge < -0.3 is 9.64 Å². The van der Waals surface area contributed by atoms with Crippen LogP contribution < -0.4 is 10.1 Å². The summed E-state index contributed by atoms with van der Waals surface area (Å²) in [6, 6.07) is 3.95. The molecule has 1 unspecified atom stereocenters. The van der Waals surface area contributed by atoms with Gasteiger partial charge in [0.05, 0.1) is 11.1 Å². The number of carbonyl (C=O) groups is 4. The summed E-state index contributed by atoms with van der Waals surface area (Å²) < 4.78 is 6.06. The molecule has 1 aromatic carbocycles. The molecule has 9 heteroatoms. The monoisotopic (exact) mass is 468 g/mol. The van der Waals surface area contributed by atoms with E-state index in [1.807, 2.05) is 0 Å². The number of fused-ring (bicyclic) bond motifs is 1. The zero-order valence-corrected chi connectivity index (χ0v) is 19.6. The van der Waals surface area contributed by atoms with Crippen LogP contribution in [-0.2, 0) is 9.59 Å². The summed E-state index contributed by atoms with van der Waals surface area (Å²) in [7, 11) is 2.19. The third kappa shape index (κ3) is 4.59. The molecular weight excluding hydrogens is 436 g/mol. The summed E-state index contributed by atoms with van der Waals surface area (Å²) in [6.45, 7) is 5.23. The van der Waals surface area contributed by atoms with E-state index >= 15 is 0 Å². The molecule has 3 saturated heterocycles. The zero-order valence-electron chi connectivity index (χ0n) is 19.6. The van der Waals surface area contributed by atoms with E-state index in [0.717, 1.165) is 30.5 Å². The summed E-state index contributed by atoms with van der Waals surface area (Å²) in [6.07, 6.45) is 5.45. The predicted molar refractivity (Wildman–Crippen MR) is 123 cm³/mol. The predicted octanol–water partition coefficient (Wildman–Crippen LogP) is 1.27. The topological polar surface area (TPSA) is 99.3 Å². The Kier molecular flexibility index (Phi) is 6.40. The first-order chi connectivity index (χ1) is 16.4. The summed E-state index contributed by atoms with van der Waals surface area (Å²) >= 11 is 0. The van der Waals surface area contributed by atoms with Crippen molar-refractivity contribution in [1.29, 1.82) is 0 Å². The zero-order chi connectivity index (χ0) is 23.8. The van der Waals surface area contributed by atoms with E-state index in [0.29, 0.717) is 5.75 Å². The number of ether oxygens (including phenoxy) is 1. The highest BCUT2D eigenvalue weighted by Crippen LogP contribution is 2.31. The fourth-order valence-electron chi connectivity index (χ4n) is 5.45. The Hall–Kier alpha value is -2.78. The molecule has 1 atom stereocenters.